The van der Waals surface area contributed by atoms with Gasteiger partial charge in [-0.3, -0.25) is 4.68 Å². The van der Waals surface area contributed by atoms with Crippen molar-refractivity contribution in [1.29, 1.82) is 0 Å². The van der Waals surface area contributed by atoms with Crippen molar-refractivity contribution in [3.8, 4) is 0 Å². The summed E-state index contributed by atoms with van der Waals surface area (Å²) in [5.74, 6) is 2.19. The van der Waals surface area contributed by atoms with Gasteiger partial charge in [-0.15, -0.1) is 0 Å². The highest BCUT2D eigenvalue weighted by Crippen LogP contribution is 2.24. The second-order valence-electron chi connectivity index (χ2n) is 4.81. The summed E-state index contributed by atoms with van der Waals surface area (Å²) in [6.07, 6.45) is 1.81. The van der Waals surface area contributed by atoms with Crippen LogP contribution >= 0.6 is 11.8 Å². The van der Waals surface area contributed by atoms with Gasteiger partial charge in [-0.2, -0.15) is 16.9 Å². The number of aryl methyl sites for hydroxylation is 1. The van der Waals surface area contributed by atoms with E-state index in [0.29, 0.717) is 10.8 Å². The molecule has 1 aromatic rings. The van der Waals surface area contributed by atoms with Gasteiger partial charge in [0.15, 0.2) is 0 Å². The molecule has 1 N–H and O–H groups in total. The van der Waals surface area contributed by atoms with Gasteiger partial charge in [-0.05, 0) is 6.92 Å². The summed E-state index contributed by atoms with van der Waals surface area (Å²) in [5.41, 5.74) is 0. The molecule has 0 radical (unpaired) electrons. The Morgan fingerprint density at radius 3 is 2.67 bits per heavy atom. The van der Waals surface area contributed by atoms with Crippen molar-refractivity contribution >= 4 is 17.6 Å². The van der Waals surface area contributed by atoms with E-state index in [1.807, 2.05) is 35.8 Å². The van der Waals surface area contributed by atoms with E-state index >= 15 is 0 Å². The fourth-order valence-corrected chi connectivity index (χ4v) is 2.02. The van der Waals surface area contributed by atoms with Gasteiger partial charge in [0.05, 0.1) is 6.20 Å². The van der Waals surface area contributed by atoms with Gasteiger partial charge in [0, 0.05) is 29.7 Å². The van der Waals surface area contributed by atoms with Crippen molar-refractivity contribution in [2.75, 3.05) is 11.1 Å². The molecular formula is C11H21N3S. The van der Waals surface area contributed by atoms with Crippen molar-refractivity contribution in [3.63, 3.8) is 0 Å². The maximum Gasteiger partial charge on any atom is 0.124 e. The highest BCUT2D eigenvalue weighted by Gasteiger charge is 2.13. The number of thioether (sulfide) groups is 1. The van der Waals surface area contributed by atoms with Gasteiger partial charge in [0.2, 0.25) is 0 Å². The number of nitrogens with zero attached hydrogens (tertiary/aromatic N) is 2. The summed E-state index contributed by atoms with van der Waals surface area (Å²) in [7, 11) is 1.95. The smallest absolute Gasteiger partial charge is 0.124 e. The number of rotatable bonds is 4. The lowest BCUT2D eigenvalue weighted by Gasteiger charge is -2.21. The summed E-state index contributed by atoms with van der Waals surface area (Å²) in [6, 6.07) is 2.46. The second-order valence-corrected chi connectivity index (χ2v) is 6.66. The summed E-state index contributed by atoms with van der Waals surface area (Å²) in [5, 5.41) is 7.57. The molecule has 1 unspecified atom stereocenters. The number of nitrogens with one attached hydrogen (secondary N) is 1. The van der Waals surface area contributed by atoms with Crippen LogP contribution in [0, 0.1) is 0 Å². The maximum absolute atomic E-state index is 4.13. The Morgan fingerprint density at radius 1 is 1.53 bits per heavy atom. The van der Waals surface area contributed by atoms with E-state index in [9.17, 15) is 0 Å². The van der Waals surface area contributed by atoms with E-state index < -0.39 is 0 Å². The van der Waals surface area contributed by atoms with Crippen molar-refractivity contribution in [2.24, 2.45) is 7.05 Å². The van der Waals surface area contributed by atoms with Crippen LogP contribution in [0.4, 0.5) is 5.82 Å². The summed E-state index contributed by atoms with van der Waals surface area (Å²) >= 11 is 1.98. The zero-order valence-electron chi connectivity index (χ0n) is 10.2. The van der Waals surface area contributed by atoms with E-state index in [4.69, 9.17) is 0 Å². The molecule has 1 rings (SSSR count). The van der Waals surface area contributed by atoms with Gasteiger partial charge >= 0.3 is 0 Å². The first-order chi connectivity index (χ1) is 6.88. The summed E-state index contributed by atoms with van der Waals surface area (Å²) in [4.78, 5) is 0. The van der Waals surface area contributed by atoms with E-state index in [1.165, 1.54) is 0 Å². The molecule has 0 aliphatic rings. The fourth-order valence-electron chi connectivity index (χ4n) is 1.18. The average molecular weight is 227 g/mol. The number of aromatic nitrogens is 2. The quantitative estimate of drug-likeness (QED) is 0.858. The second kappa shape index (κ2) is 4.92. The predicted molar refractivity (Wildman–Crippen MR) is 68.5 cm³/mol. The van der Waals surface area contributed by atoms with Crippen LogP contribution in [0.5, 0.6) is 0 Å². The zero-order chi connectivity index (χ0) is 11.5. The molecule has 1 aromatic heterocycles. The lowest BCUT2D eigenvalue weighted by atomic mass is 10.3. The van der Waals surface area contributed by atoms with E-state index in [0.717, 1.165) is 11.6 Å². The standard InChI is InChI=1S/C11H21N3S/c1-9(8-15-11(2,3)4)13-10-6-7-12-14(10)5/h6-7,9,13H,8H2,1-5H3. The third kappa shape index (κ3) is 4.60. The Morgan fingerprint density at radius 2 is 2.20 bits per heavy atom. The van der Waals surface area contributed by atoms with Crippen LogP contribution in [0.15, 0.2) is 12.3 Å². The maximum atomic E-state index is 4.13. The Bertz CT molecular complexity index is 301. The minimum atomic E-state index is 0.336. The highest BCUT2D eigenvalue weighted by atomic mass is 32.2. The van der Waals surface area contributed by atoms with E-state index in [2.05, 4.69) is 38.1 Å². The zero-order valence-corrected chi connectivity index (χ0v) is 11.1. The first-order valence-corrected chi connectivity index (χ1v) is 6.25. The normalized spacial score (nSPS) is 13.9. The fraction of sp³-hybridized carbons (Fsp3) is 0.727. The Kier molecular flexibility index (Phi) is 4.08. The summed E-state index contributed by atoms with van der Waals surface area (Å²) in [6.45, 7) is 8.93. The Labute approximate surface area is 96.6 Å². The molecule has 0 fully saturated rings. The molecule has 4 heteroatoms. The number of hydrogen-bond donors (Lipinski definition) is 1. The van der Waals surface area contributed by atoms with Crippen LogP contribution in [0.25, 0.3) is 0 Å². The van der Waals surface area contributed by atoms with E-state index in [-0.39, 0.29) is 0 Å². The van der Waals surface area contributed by atoms with Crippen molar-refractivity contribution in [3.05, 3.63) is 12.3 Å². The minimum Gasteiger partial charge on any atom is -0.367 e. The monoisotopic (exact) mass is 227 g/mol. The van der Waals surface area contributed by atoms with Crippen LogP contribution in [-0.2, 0) is 7.05 Å². The Balaban J connectivity index is 2.37. The molecule has 1 atom stereocenters. The van der Waals surface area contributed by atoms with Crippen LogP contribution in [-0.4, -0.2) is 26.3 Å². The van der Waals surface area contributed by atoms with Gasteiger partial charge in [0.25, 0.3) is 0 Å². The largest absolute Gasteiger partial charge is 0.367 e. The van der Waals surface area contributed by atoms with Crippen LogP contribution in [0.3, 0.4) is 0 Å². The highest BCUT2D eigenvalue weighted by molar-refractivity contribution is 8.00. The number of hydrogen-bond acceptors (Lipinski definition) is 3. The molecule has 0 amide bonds. The third-order valence-corrected chi connectivity index (χ3v) is 3.51. The minimum absolute atomic E-state index is 0.336. The van der Waals surface area contributed by atoms with E-state index in [1.54, 1.807) is 0 Å². The molecule has 0 saturated carbocycles. The molecule has 0 aliphatic carbocycles. The van der Waals surface area contributed by atoms with Gasteiger partial charge in [0.1, 0.15) is 5.82 Å². The van der Waals surface area contributed by atoms with Gasteiger partial charge in [-0.1, -0.05) is 20.8 Å². The molecule has 1 heterocycles. The lowest BCUT2D eigenvalue weighted by molar-refractivity contribution is 0.752. The molecule has 15 heavy (non-hydrogen) atoms. The van der Waals surface area contributed by atoms with Crippen LogP contribution in [0.2, 0.25) is 0 Å². The SMILES string of the molecule is CC(CSC(C)(C)C)Nc1ccnn1C. The topological polar surface area (TPSA) is 29.9 Å². The average Bonchev–Trinajstić information content (AvgIpc) is 2.47. The molecule has 3 nitrogen and oxygen atoms in total. The first-order valence-electron chi connectivity index (χ1n) is 5.27. The van der Waals surface area contributed by atoms with Crippen LogP contribution < -0.4 is 5.32 Å². The van der Waals surface area contributed by atoms with Gasteiger partial charge in [-0.25, -0.2) is 0 Å². The van der Waals surface area contributed by atoms with Crippen LogP contribution in [0.1, 0.15) is 27.7 Å². The molecule has 86 valence electrons. The third-order valence-electron chi connectivity index (χ3n) is 1.98. The molecular weight excluding hydrogens is 206 g/mol. The molecule has 0 saturated heterocycles. The summed E-state index contributed by atoms with van der Waals surface area (Å²) < 4.78 is 2.20. The van der Waals surface area contributed by atoms with Crippen molar-refractivity contribution in [2.45, 2.75) is 38.5 Å². The first kappa shape index (κ1) is 12.4. The van der Waals surface area contributed by atoms with Crippen molar-refractivity contribution in [1.82, 2.24) is 9.78 Å². The predicted octanol–water partition coefficient (Wildman–Crippen LogP) is 2.75. The molecule has 0 spiro atoms. The number of anilines is 1. The van der Waals surface area contributed by atoms with Gasteiger partial charge < -0.3 is 5.32 Å². The lowest BCUT2D eigenvalue weighted by Crippen LogP contribution is -2.22. The molecule has 0 bridgehead atoms. The Hall–Kier alpha value is -0.640. The molecule has 0 aromatic carbocycles. The molecule has 0 aliphatic heterocycles. The van der Waals surface area contributed by atoms with Crippen molar-refractivity contribution < 1.29 is 0 Å².